The van der Waals surface area contributed by atoms with Crippen LogP contribution in [0, 0.1) is 0 Å². The zero-order chi connectivity index (χ0) is 20.9. The molecule has 0 atom stereocenters. The summed E-state index contributed by atoms with van der Waals surface area (Å²) >= 11 is 0. The summed E-state index contributed by atoms with van der Waals surface area (Å²) in [4.78, 5) is 42.6. The molecule has 2 N–H and O–H groups in total. The van der Waals surface area contributed by atoms with Gasteiger partial charge < -0.3 is 19.7 Å². The number of rotatable bonds is 5. The Labute approximate surface area is 175 Å². The number of amides is 4. The molecule has 1 aromatic rings. The van der Waals surface area contributed by atoms with Crippen LogP contribution in [0.3, 0.4) is 0 Å². The second-order valence-electron chi connectivity index (χ2n) is 7.71. The Hall–Kier alpha value is -2.85. The van der Waals surface area contributed by atoms with Gasteiger partial charge in [0.2, 0.25) is 18.6 Å². The molecule has 1 aromatic carbocycles. The van der Waals surface area contributed by atoms with Gasteiger partial charge in [0.1, 0.15) is 0 Å². The van der Waals surface area contributed by atoms with Gasteiger partial charge in [0.05, 0.1) is 13.1 Å². The first-order valence-electron chi connectivity index (χ1n) is 10.3. The summed E-state index contributed by atoms with van der Waals surface area (Å²) in [7, 11) is 0. The molecule has 3 aliphatic rings. The van der Waals surface area contributed by atoms with Crippen LogP contribution in [0.5, 0.6) is 11.5 Å². The minimum atomic E-state index is -0.589. The maximum Gasteiger partial charge on any atom is 0.325 e. The summed E-state index contributed by atoms with van der Waals surface area (Å²) in [6, 6.07) is 4.44. The first-order chi connectivity index (χ1) is 14.6. The van der Waals surface area contributed by atoms with Gasteiger partial charge in [-0.05, 0) is 25.0 Å². The molecule has 0 spiro atoms. The van der Waals surface area contributed by atoms with Crippen molar-refractivity contribution in [2.75, 3.05) is 64.5 Å². The van der Waals surface area contributed by atoms with Gasteiger partial charge in [-0.1, -0.05) is 0 Å². The Kier molecular flexibility index (Phi) is 6.34. The van der Waals surface area contributed by atoms with Gasteiger partial charge >= 0.3 is 6.03 Å². The van der Waals surface area contributed by atoms with Crippen molar-refractivity contribution in [3.8, 4) is 11.5 Å². The largest absolute Gasteiger partial charge is 0.454 e. The summed E-state index contributed by atoms with van der Waals surface area (Å²) in [6.45, 7) is 5.31. The van der Waals surface area contributed by atoms with Crippen LogP contribution < -0.4 is 20.1 Å². The van der Waals surface area contributed by atoms with E-state index in [1.165, 1.54) is 0 Å². The predicted octanol–water partition coefficient (Wildman–Crippen LogP) is 0.303. The number of nitrogens with one attached hydrogen (secondary N) is 2. The molecule has 30 heavy (non-hydrogen) atoms. The molecule has 0 saturated carbocycles. The van der Waals surface area contributed by atoms with Crippen molar-refractivity contribution in [1.82, 2.24) is 20.0 Å². The number of benzene rings is 1. The summed E-state index contributed by atoms with van der Waals surface area (Å²) < 4.78 is 10.5. The number of piperazine rings is 1. The quantitative estimate of drug-likeness (QED) is 0.710. The third-order valence-electron chi connectivity index (χ3n) is 5.53. The predicted molar refractivity (Wildman–Crippen MR) is 108 cm³/mol. The monoisotopic (exact) mass is 417 g/mol. The zero-order valence-corrected chi connectivity index (χ0v) is 16.9. The van der Waals surface area contributed by atoms with E-state index in [2.05, 4.69) is 15.5 Å². The first kappa shape index (κ1) is 20.4. The number of urea groups is 1. The van der Waals surface area contributed by atoms with Crippen molar-refractivity contribution >= 4 is 23.5 Å². The van der Waals surface area contributed by atoms with E-state index in [0.29, 0.717) is 36.8 Å². The van der Waals surface area contributed by atoms with Gasteiger partial charge in [0.25, 0.3) is 0 Å². The molecular formula is C20H27N5O5. The number of carbonyl (C=O) groups excluding carboxylic acids is 3. The van der Waals surface area contributed by atoms with Crippen LogP contribution in [0.25, 0.3) is 0 Å². The number of hydrogen-bond donors (Lipinski definition) is 2. The highest BCUT2D eigenvalue weighted by Crippen LogP contribution is 2.34. The van der Waals surface area contributed by atoms with Crippen molar-refractivity contribution in [2.45, 2.75) is 12.8 Å². The zero-order valence-electron chi connectivity index (χ0n) is 16.9. The van der Waals surface area contributed by atoms with Crippen molar-refractivity contribution < 1.29 is 23.9 Å². The number of likely N-dealkylation sites (tertiary alicyclic amines) is 1. The van der Waals surface area contributed by atoms with E-state index in [4.69, 9.17) is 9.47 Å². The number of carbonyl (C=O) groups is 3. The molecule has 0 unspecified atom stereocenters. The number of imide groups is 1. The molecule has 10 nitrogen and oxygen atoms in total. The Balaban J connectivity index is 1.16. The van der Waals surface area contributed by atoms with Crippen LogP contribution in [0.1, 0.15) is 12.8 Å². The molecule has 0 aromatic heterocycles. The molecule has 10 heteroatoms. The van der Waals surface area contributed by atoms with E-state index in [1.807, 2.05) is 9.80 Å². The second-order valence-corrected chi connectivity index (χ2v) is 7.71. The molecule has 0 bridgehead atoms. The van der Waals surface area contributed by atoms with E-state index in [9.17, 15) is 14.4 Å². The third-order valence-corrected chi connectivity index (χ3v) is 5.53. The Morgan fingerprint density at radius 2 is 1.53 bits per heavy atom. The van der Waals surface area contributed by atoms with Gasteiger partial charge in [-0.25, -0.2) is 4.79 Å². The molecule has 3 aliphatic heterocycles. The number of nitrogens with zero attached hydrogens (tertiary/aromatic N) is 3. The molecule has 0 radical (unpaired) electrons. The van der Waals surface area contributed by atoms with Crippen molar-refractivity contribution in [1.29, 1.82) is 0 Å². The lowest BCUT2D eigenvalue weighted by Gasteiger charge is -2.34. The van der Waals surface area contributed by atoms with Crippen molar-refractivity contribution in [3.63, 3.8) is 0 Å². The Morgan fingerprint density at radius 3 is 2.27 bits per heavy atom. The number of fused-ring (bicyclic) bond motifs is 1. The third kappa shape index (κ3) is 5.19. The van der Waals surface area contributed by atoms with E-state index in [1.54, 1.807) is 18.2 Å². The lowest BCUT2D eigenvalue weighted by atomic mass is 10.3. The maximum atomic E-state index is 12.3. The van der Waals surface area contributed by atoms with Gasteiger partial charge in [-0.15, -0.1) is 0 Å². The number of ether oxygens (including phenoxy) is 2. The molecule has 2 saturated heterocycles. The summed E-state index contributed by atoms with van der Waals surface area (Å²) in [5, 5.41) is 4.97. The SMILES string of the molecule is O=C(CN1CCN(CC(=O)N2CCCC2)CC1)NC(=O)Nc1ccc2c(c1)OCO2. The Bertz CT molecular complexity index is 803. The van der Waals surface area contributed by atoms with E-state index in [0.717, 1.165) is 39.0 Å². The highest BCUT2D eigenvalue weighted by Gasteiger charge is 2.24. The van der Waals surface area contributed by atoms with Crippen LogP contribution in [-0.2, 0) is 9.59 Å². The van der Waals surface area contributed by atoms with Crippen LogP contribution in [0.4, 0.5) is 10.5 Å². The van der Waals surface area contributed by atoms with Crippen LogP contribution in [0.2, 0.25) is 0 Å². The molecule has 0 aliphatic carbocycles. The van der Waals surface area contributed by atoms with Gasteiger partial charge in [-0.2, -0.15) is 0 Å². The average molecular weight is 417 g/mol. The summed E-state index contributed by atoms with van der Waals surface area (Å²) in [5.74, 6) is 1.01. The molecule has 4 amide bonds. The average Bonchev–Trinajstić information content (AvgIpc) is 3.41. The second kappa shape index (κ2) is 9.31. The lowest BCUT2D eigenvalue weighted by Crippen LogP contribution is -2.52. The minimum absolute atomic E-state index is 0.141. The first-order valence-corrected chi connectivity index (χ1v) is 10.3. The molecule has 2 fully saturated rings. The smallest absolute Gasteiger partial charge is 0.325 e. The van der Waals surface area contributed by atoms with Crippen molar-refractivity contribution in [3.05, 3.63) is 18.2 Å². The highest BCUT2D eigenvalue weighted by atomic mass is 16.7. The highest BCUT2D eigenvalue weighted by molar-refractivity contribution is 6.01. The fourth-order valence-electron chi connectivity index (χ4n) is 3.87. The van der Waals surface area contributed by atoms with Gasteiger partial charge in [0.15, 0.2) is 11.5 Å². The maximum absolute atomic E-state index is 12.3. The normalized spacial score (nSPS) is 19.0. The summed E-state index contributed by atoms with van der Waals surface area (Å²) in [6.07, 6.45) is 2.19. The molecule has 3 heterocycles. The molecular weight excluding hydrogens is 390 g/mol. The number of hydrogen-bond acceptors (Lipinski definition) is 7. The molecule has 162 valence electrons. The standard InChI is InChI=1S/C20H27N5O5/c26-18(22-20(28)21-15-3-4-16-17(11-15)30-14-29-16)12-23-7-9-24(10-8-23)13-19(27)25-5-1-2-6-25/h3-4,11H,1-2,5-10,12-14H2,(H2,21,22,26,28). The minimum Gasteiger partial charge on any atom is -0.454 e. The summed E-state index contributed by atoms with van der Waals surface area (Å²) in [5.41, 5.74) is 0.515. The number of anilines is 1. The molecule has 4 rings (SSSR count). The Morgan fingerprint density at radius 1 is 0.867 bits per heavy atom. The van der Waals surface area contributed by atoms with E-state index in [-0.39, 0.29) is 25.2 Å². The van der Waals surface area contributed by atoms with Crippen LogP contribution in [-0.4, -0.2) is 91.7 Å². The van der Waals surface area contributed by atoms with Crippen LogP contribution >= 0.6 is 0 Å². The topological polar surface area (TPSA) is 103 Å². The van der Waals surface area contributed by atoms with Crippen LogP contribution in [0.15, 0.2) is 18.2 Å². The fourth-order valence-corrected chi connectivity index (χ4v) is 3.87. The van der Waals surface area contributed by atoms with E-state index < -0.39 is 6.03 Å². The van der Waals surface area contributed by atoms with E-state index >= 15 is 0 Å². The van der Waals surface area contributed by atoms with Gasteiger partial charge in [-0.3, -0.25) is 24.7 Å². The fraction of sp³-hybridized carbons (Fsp3) is 0.550. The van der Waals surface area contributed by atoms with Crippen molar-refractivity contribution in [2.24, 2.45) is 0 Å². The lowest BCUT2D eigenvalue weighted by molar-refractivity contribution is -0.132. The van der Waals surface area contributed by atoms with Gasteiger partial charge in [0, 0.05) is 51.0 Å².